The Kier molecular flexibility index (Phi) is 9.76. The molecule has 0 aliphatic carbocycles. The van der Waals surface area contributed by atoms with E-state index in [9.17, 15) is 19.8 Å². The number of benzene rings is 2. The Labute approximate surface area is 199 Å². The van der Waals surface area contributed by atoms with Crippen molar-refractivity contribution in [2.45, 2.75) is 0 Å². The molecule has 0 heterocycles. The number of carbonyl (C=O) groups excluding carboxylic acids is 2. The summed E-state index contributed by atoms with van der Waals surface area (Å²) in [6.07, 6.45) is -3.29. The van der Waals surface area contributed by atoms with Crippen LogP contribution in [0.25, 0.3) is 10.8 Å². The van der Waals surface area contributed by atoms with Crippen molar-refractivity contribution in [3.05, 3.63) is 36.4 Å². The third-order valence-electron chi connectivity index (χ3n) is 2.19. The second-order valence-corrected chi connectivity index (χ2v) is 3.37. The molecule has 0 aliphatic rings. The maximum atomic E-state index is 10.3. The minimum Gasteiger partial charge on any atom is -0.514 e. The van der Waals surface area contributed by atoms with Gasteiger partial charge in [0.05, 0.1) is 11.5 Å². The van der Waals surface area contributed by atoms with Gasteiger partial charge < -0.3 is 29.3 Å². The van der Waals surface area contributed by atoms with Crippen molar-refractivity contribution < 1.29 is 132 Å². The number of carbonyl (C=O) groups is 2. The number of fused-ring (bicyclic) bond motifs is 1. The van der Waals surface area contributed by atoms with Gasteiger partial charge in [-0.2, -0.15) is 0 Å². The zero-order valence-electron chi connectivity index (χ0n) is 10.9. The van der Waals surface area contributed by atoms with E-state index in [4.69, 9.17) is 0 Å². The topological polar surface area (TPSA) is 98.7 Å². The van der Waals surface area contributed by atoms with Crippen molar-refractivity contribution in [1.82, 2.24) is 0 Å². The van der Waals surface area contributed by atoms with Crippen molar-refractivity contribution >= 4 is 23.1 Å². The Hall–Kier alpha value is 0.513. The summed E-state index contributed by atoms with van der Waals surface area (Å²) in [6, 6.07) is 8.93. The van der Waals surface area contributed by atoms with Gasteiger partial charge >= 0.3 is 103 Å². The van der Waals surface area contributed by atoms with Gasteiger partial charge in [0.15, 0.2) is 0 Å². The minimum atomic E-state index is -1.65. The Morgan fingerprint density at radius 1 is 0.750 bits per heavy atom. The molecular formula is C12H6K2O6. The molecule has 20 heavy (non-hydrogen) atoms. The summed E-state index contributed by atoms with van der Waals surface area (Å²) in [4.78, 5) is 20.5. The molecule has 2 aromatic carbocycles. The van der Waals surface area contributed by atoms with E-state index >= 15 is 0 Å². The van der Waals surface area contributed by atoms with E-state index in [-0.39, 0.29) is 114 Å². The molecule has 2 rings (SSSR count). The molecule has 2 aromatic rings. The molecule has 0 amide bonds. The van der Waals surface area contributed by atoms with Crippen LogP contribution in [-0.2, 0) is 0 Å². The van der Waals surface area contributed by atoms with Crippen LogP contribution >= 0.6 is 0 Å². The molecule has 0 saturated heterocycles. The number of hydrogen-bond donors (Lipinski definition) is 0. The first-order chi connectivity index (χ1) is 8.54. The van der Waals surface area contributed by atoms with Crippen LogP contribution in [0, 0.1) is 0 Å². The van der Waals surface area contributed by atoms with Crippen LogP contribution in [0.1, 0.15) is 0 Å². The quantitative estimate of drug-likeness (QED) is 0.310. The van der Waals surface area contributed by atoms with E-state index < -0.39 is 12.3 Å². The number of hydrogen-bond acceptors (Lipinski definition) is 6. The van der Waals surface area contributed by atoms with Crippen molar-refractivity contribution in [3.63, 3.8) is 0 Å². The van der Waals surface area contributed by atoms with Gasteiger partial charge in [0, 0.05) is 0 Å². The number of rotatable bonds is 2. The van der Waals surface area contributed by atoms with Crippen LogP contribution in [0.3, 0.4) is 0 Å². The zero-order valence-corrected chi connectivity index (χ0v) is 17.2. The Balaban J connectivity index is 0.00000180. The van der Waals surface area contributed by atoms with Crippen LogP contribution in [0.5, 0.6) is 11.5 Å². The molecule has 0 fully saturated rings. The molecule has 0 bridgehead atoms. The maximum Gasteiger partial charge on any atom is 1.00 e. The molecule has 8 heteroatoms. The van der Waals surface area contributed by atoms with Gasteiger partial charge in [-0.3, -0.25) is 0 Å². The molecule has 0 atom stereocenters. The van der Waals surface area contributed by atoms with Gasteiger partial charge in [-0.05, 0) is 35.0 Å². The maximum absolute atomic E-state index is 10.3. The first-order valence-corrected chi connectivity index (χ1v) is 4.86. The van der Waals surface area contributed by atoms with Gasteiger partial charge in [-0.1, -0.05) is 12.1 Å². The second kappa shape index (κ2) is 9.51. The summed E-state index contributed by atoms with van der Waals surface area (Å²) in [5.41, 5.74) is 0. The van der Waals surface area contributed by atoms with Gasteiger partial charge in [0.1, 0.15) is 0 Å². The van der Waals surface area contributed by atoms with Crippen molar-refractivity contribution in [1.29, 1.82) is 0 Å². The summed E-state index contributed by atoms with van der Waals surface area (Å²) in [6.45, 7) is 0. The van der Waals surface area contributed by atoms with Gasteiger partial charge in [-0.25, -0.2) is 0 Å². The molecule has 0 aromatic heterocycles. The van der Waals surface area contributed by atoms with E-state index in [1.54, 1.807) is 12.1 Å². The standard InChI is InChI=1S/C12H8O6.2K/c13-11(14)17-9-3-1-7-5-10(18-12(15)16)4-2-8(7)6-9;;/h1-6H,(H,13,14)(H,15,16);;/q;2*+1/p-2. The summed E-state index contributed by atoms with van der Waals surface area (Å²) < 4.78 is 8.77. The minimum absolute atomic E-state index is 0. The smallest absolute Gasteiger partial charge is 0.514 e. The zero-order chi connectivity index (χ0) is 13.1. The van der Waals surface area contributed by atoms with E-state index in [1.807, 2.05) is 0 Å². The third kappa shape index (κ3) is 6.10. The molecular weight excluding hydrogens is 318 g/mol. The van der Waals surface area contributed by atoms with Gasteiger partial charge in [0.2, 0.25) is 0 Å². The average Bonchev–Trinajstić information content (AvgIpc) is 2.27. The molecule has 0 N–H and O–H groups in total. The van der Waals surface area contributed by atoms with E-state index in [0.717, 1.165) is 0 Å². The summed E-state index contributed by atoms with van der Waals surface area (Å²) >= 11 is 0. The van der Waals surface area contributed by atoms with Crippen molar-refractivity contribution in [2.24, 2.45) is 0 Å². The molecule has 0 spiro atoms. The molecule has 0 radical (unpaired) electrons. The van der Waals surface area contributed by atoms with Crippen LogP contribution in [0.4, 0.5) is 9.59 Å². The Morgan fingerprint density at radius 2 is 1.10 bits per heavy atom. The predicted molar refractivity (Wildman–Crippen MR) is 56.0 cm³/mol. The largest absolute Gasteiger partial charge is 1.00 e. The fourth-order valence-corrected chi connectivity index (χ4v) is 1.52. The van der Waals surface area contributed by atoms with Crippen molar-refractivity contribution in [3.8, 4) is 11.5 Å². The van der Waals surface area contributed by atoms with Gasteiger partial charge in [-0.15, -0.1) is 0 Å². The summed E-state index contributed by atoms with van der Waals surface area (Å²) in [5.74, 6) is 0.243. The summed E-state index contributed by atoms with van der Waals surface area (Å²) in [7, 11) is 0. The molecule has 6 nitrogen and oxygen atoms in total. The first kappa shape index (κ1) is 20.5. The Morgan fingerprint density at radius 3 is 1.40 bits per heavy atom. The number of ether oxygens (including phenoxy) is 2. The van der Waals surface area contributed by atoms with Crippen LogP contribution in [0.15, 0.2) is 36.4 Å². The molecule has 92 valence electrons. The van der Waals surface area contributed by atoms with Crippen LogP contribution < -0.4 is 122 Å². The van der Waals surface area contributed by atoms with E-state index in [2.05, 4.69) is 9.47 Å². The molecule has 0 unspecified atom stereocenters. The second-order valence-electron chi connectivity index (χ2n) is 3.37. The normalized spacial score (nSPS) is 9.00. The van der Waals surface area contributed by atoms with Crippen LogP contribution in [-0.4, -0.2) is 12.3 Å². The molecule has 0 aliphatic heterocycles. The average molecular weight is 324 g/mol. The Bertz CT molecular complexity index is 573. The fourth-order valence-electron chi connectivity index (χ4n) is 1.52. The third-order valence-corrected chi connectivity index (χ3v) is 2.19. The number of carboxylic acid groups (broad SMARTS) is 2. The van der Waals surface area contributed by atoms with E-state index in [0.29, 0.717) is 10.8 Å². The molecule has 0 saturated carbocycles. The first-order valence-electron chi connectivity index (χ1n) is 4.86. The monoisotopic (exact) mass is 324 g/mol. The van der Waals surface area contributed by atoms with Crippen LogP contribution in [0.2, 0.25) is 0 Å². The van der Waals surface area contributed by atoms with Gasteiger partial charge in [0.25, 0.3) is 12.3 Å². The fraction of sp³-hybridized carbons (Fsp3) is 0. The van der Waals surface area contributed by atoms with Crippen molar-refractivity contribution in [2.75, 3.05) is 0 Å². The predicted octanol–water partition coefficient (Wildman–Crippen LogP) is -5.71. The summed E-state index contributed by atoms with van der Waals surface area (Å²) in [5, 5.41) is 21.8. The van der Waals surface area contributed by atoms with E-state index in [1.165, 1.54) is 24.3 Å². The SMILES string of the molecule is O=C([O-])Oc1ccc2cc(OC(=O)[O-])ccc2c1.[K+].[K+].